The maximum atomic E-state index is 11.9. The Bertz CT molecular complexity index is 241. The van der Waals surface area contributed by atoms with Crippen LogP contribution in [0.25, 0.3) is 0 Å². The predicted molar refractivity (Wildman–Crippen MR) is 68.7 cm³/mol. The highest BCUT2D eigenvalue weighted by molar-refractivity contribution is 7.99. The molecule has 1 saturated heterocycles. The first-order chi connectivity index (χ1) is 7.81. The minimum Gasteiger partial charge on any atom is -0.352 e. The first-order valence-corrected chi connectivity index (χ1v) is 7.49. The van der Waals surface area contributed by atoms with Gasteiger partial charge in [-0.25, -0.2) is 0 Å². The fourth-order valence-corrected chi connectivity index (χ4v) is 3.65. The van der Waals surface area contributed by atoms with Gasteiger partial charge in [-0.05, 0) is 18.6 Å². The van der Waals surface area contributed by atoms with E-state index < -0.39 is 0 Å². The quantitative estimate of drug-likeness (QED) is 0.783. The molecule has 1 aliphatic heterocycles. The smallest absolute Gasteiger partial charge is 0.225 e. The molecule has 2 N–H and O–H groups in total. The summed E-state index contributed by atoms with van der Waals surface area (Å²) < 4.78 is 0. The van der Waals surface area contributed by atoms with E-state index in [0.717, 1.165) is 18.8 Å². The van der Waals surface area contributed by atoms with E-state index in [9.17, 15) is 4.79 Å². The van der Waals surface area contributed by atoms with Crippen molar-refractivity contribution in [3.63, 3.8) is 0 Å². The molecule has 2 rings (SSSR count). The van der Waals surface area contributed by atoms with E-state index >= 15 is 0 Å². The van der Waals surface area contributed by atoms with Crippen LogP contribution < -0.4 is 10.6 Å². The molecule has 0 bridgehead atoms. The molecule has 1 heterocycles. The molecule has 0 radical (unpaired) electrons. The second-order valence-corrected chi connectivity index (χ2v) is 6.26. The topological polar surface area (TPSA) is 41.1 Å². The van der Waals surface area contributed by atoms with E-state index in [2.05, 4.69) is 17.6 Å². The van der Waals surface area contributed by atoms with Crippen molar-refractivity contribution < 1.29 is 4.79 Å². The number of rotatable bonds is 4. The van der Waals surface area contributed by atoms with Crippen LogP contribution in [0, 0.1) is 5.92 Å². The lowest BCUT2D eigenvalue weighted by atomic mass is 9.93. The lowest BCUT2D eigenvalue weighted by molar-refractivity contribution is -0.127. The highest BCUT2D eigenvalue weighted by Gasteiger charge is 2.30. The average Bonchev–Trinajstić information content (AvgIpc) is 2.18. The van der Waals surface area contributed by atoms with Crippen LogP contribution in [0.4, 0.5) is 0 Å². The third-order valence-electron chi connectivity index (χ3n) is 3.56. The van der Waals surface area contributed by atoms with Crippen molar-refractivity contribution in [1.82, 2.24) is 10.6 Å². The SMILES string of the molecule is CCSC1CCCCC1NC(=O)C1CNC1. The van der Waals surface area contributed by atoms with E-state index in [1.165, 1.54) is 25.7 Å². The molecule has 2 fully saturated rings. The summed E-state index contributed by atoms with van der Waals surface area (Å²) in [6.07, 6.45) is 5.04. The van der Waals surface area contributed by atoms with Gasteiger partial charge in [-0.2, -0.15) is 11.8 Å². The van der Waals surface area contributed by atoms with Gasteiger partial charge in [0, 0.05) is 24.4 Å². The summed E-state index contributed by atoms with van der Waals surface area (Å²) >= 11 is 2.01. The average molecular weight is 242 g/mol. The molecule has 2 atom stereocenters. The van der Waals surface area contributed by atoms with Crippen molar-refractivity contribution in [2.24, 2.45) is 5.92 Å². The number of nitrogens with one attached hydrogen (secondary N) is 2. The van der Waals surface area contributed by atoms with Crippen molar-refractivity contribution in [1.29, 1.82) is 0 Å². The highest BCUT2D eigenvalue weighted by Crippen LogP contribution is 2.28. The molecule has 0 aromatic heterocycles. The monoisotopic (exact) mass is 242 g/mol. The van der Waals surface area contributed by atoms with E-state index in [-0.39, 0.29) is 11.8 Å². The van der Waals surface area contributed by atoms with Gasteiger partial charge in [0.05, 0.1) is 5.92 Å². The lowest BCUT2D eigenvalue weighted by Crippen LogP contribution is -2.54. The minimum absolute atomic E-state index is 0.231. The van der Waals surface area contributed by atoms with Gasteiger partial charge < -0.3 is 10.6 Å². The molecule has 1 aliphatic carbocycles. The number of hydrogen-bond acceptors (Lipinski definition) is 3. The number of carbonyl (C=O) groups excluding carboxylic acids is 1. The minimum atomic E-state index is 0.231. The molecule has 4 heteroatoms. The maximum Gasteiger partial charge on any atom is 0.225 e. The number of thioether (sulfide) groups is 1. The Balaban J connectivity index is 1.82. The number of amides is 1. The molecular formula is C12H22N2OS. The molecule has 1 saturated carbocycles. The summed E-state index contributed by atoms with van der Waals surface area (Å²) in [5.74, 6) is 1.66. The molecule has 3 nitrogen and oxygen atoms in total. The van der Waals surface area contributed by atoms with Crippen LogP contribution >= 0.6 is 11.8 Å². The van der Waals surface area contributed by atoms with Crippen LogP contribution in [0.5, 0.6) is 0 Å². The molecule has 16 heavy (non-hydrogen) atoms. The second-order valence-electron chi connectivity index (χ2n) is 4.75. The normalized spacial score (nSPS) is 30.8. The summed E-state index contributed by atoms with van der Waals surface area (Å²) in [4.78, 5) is 11.9. The Hall–Kier alpha value is -0.220. The zero-order valence-corrected chi connectivity index (χ0v) is 10.8. The predicted octanol–water partition coefficient (Wildman–Crippen LogP) is 1.39. The molecule has 0 aromatic carbocycles. The lowest BCUT2D eigenvalue weighted by Gasteiger charge is -2.34. The first-order valence-electron chi connectivity index (χ1n) is 6.44. The Morgan fingerprint density at radius 1 is 1.38 bits per heavy atom. The van der Waals surface area contributed by atoms with Gasteiger partial charge >= 0.3 is 0 Å². The fraction of sp³-hybridized carbons (Fsp3) is 0.917. The number of carbonyl (C=O) groups is 1. The van der Waals surface area contributed by atoms with Crippen LogP contribution in [-0.4, -0.2) is 36.0 Å². The van der Waals surface area contributed by atoms with Gasteiger partial charge in [0.15, 0.2) is 0 Å². The second kappa shape index (κ2) is 5.92. The largest absolute Gasteiger partial charge is 0.352 e. The van der Waals surface area contributed by atoms with Gasteiger partial charge in [-0.1, -0.05) is 19.8 Å². The summed E-state index contributed by atoms with van der Waals surface area (Å²) in [6, 6.07) is 0.423. The van der Waals surface area contributed by atoms with Gasteiger partial charge in [-0.3, -0.25) is 4.79 Å². The summed E-state index contributed by atoms with van der Waals surface area (Å²) in [5, 5.41) is 7.05. The summed E-state index contributed by atoms with van der Waals surface area (Å²) in [6.45, 7) is 3.93. The summed E-state index contributed by atoms with van der Waals surface area (Å²) in [5.41, 5.74) is 0. The zero-order valence-electron chi connectivity index (χ0n) is 10.00. The van der Waals surface area contributed by atoms with Gasteiger partial charge in [0.25, 0.3) is 0 Å². The van der Waals surface area contributed by atoms with Gasteiger partial charge in [-0.15, -0.1) is 0 Å². The van der Waals surface area contributed by atoms with E-state index in [1.807, 2.05) is 11.8 Å². The molecule has 2 unspecified atom stereocenters. The van der Waals surface area contributed by atoms with E-state index in [0.29, 0.717) is 11.3 Å². The Kier molecular flexibility index (Phi) is 4.53. The summed E-state index contributed by atoms with van der Waals surface area (Å²) in [7, 11) is 0. The van der Waals surface area contributed by atoms with Crippen molar-refractivity contribution >= 4 is 17.7 Å². The van der Waals surface area contributed by atoms with E-state index in [4.69, 9.17) is 0 Å². The highest BCUT2D eigenvalue weighted by atomic mass is 32.2. The van der Waals surface area contributed by atoms with Crippen LogP contribution in [0.15, 0.2) is 0 Å². The van der Waals surface area contributed by atoms with Gasteiger partial charge in [0.1, 0.15) is 0 Å². The third-order valence-corrected chi connectivity index (χ3v) is 4.89. The Morgan fingerprint density at radius 2 is 2.12 bits per heavy atom. The molecule has 0 spiro atoms. The Labute approximate surface area is 102 Å². The molecule has 2 aliphatic rings. The molecular weight excluding hydrogens is 220 g/mol. The van der Waals surface area contributed by atoms with Crippen molar-refractivity contribution in [3.8, 4) is 0 Å². The van der Waals surface area contributed by atoms with Gasteiger partial charge in [0.2, 0.25) is 5.91 Å². The molecule has 0 aromatic rings. The zero-order chi connectivity index (χ0) is 11.4. The fourth-order valence-electron chi connectivity index (χ4n) is 2.45. The van der Waals surface area contributed by atoms with Crippen molar-refractivity contribution in [3.05, 3.63) is 0 Å². The van der Waals surface area contributed by atoms with Crippen LogP contribution in [-0.2, 0) is 4.79 Å². The third kappa shape index (κ3) is 2.92. The maximum absolute atomic E-state index is 11.9. The molecule has 1 amide bonds. The van der Waals surface area contributed by atoms with E-state index in [1.54, 1.807) is 0 Å². The van der Waals surface area contributed by atoms with Crippen LogP contribution in [0.3, 0.4) is 0 Å². The van der Waals surface area contributed by atoms with Crippen LogP contribution in [0.2, 0.25) is 0 Å². The van der Waals surface area contributed by atoms with Crippen molar-refractivity contribution in [2.45, 2.75) is 43.9 Å². The van der Waals surface area contributed by atoms with Crippen molar-refractivity contribution in [2.75, 3.05) is 18.8 Å². The Morgan fingerprint density at radius 3 is 2.75 bits per heavy atom. The first kappa shape index (κ1) is 12.2. The standard InChI is InChI=1S/C12H22N2OS/c1-2-16-11-6-4-3-5-10(11)14-12(15)9-7-13-8-9/h9-11,13H,2-8H2,1H3,(H,14,15). The van der Waals surface area contributed by atoms with Crippen LogP contribution in [0.1, 0.15) is 32.6 Å². The molecule has 92 valence electrons. The number of hydrogen-bond donors (Lipinski definition) is 2.